The molecule has 0 saturated heterocycles. The Kier molecular flexibility index (Phi) is 4.17. The number of fused-ring (bicyclic) bond motifs is 5. The summed E-state index contributed by atoms with van der Waals surface area (Å²) >= 11 is 0. The zero-order valence-corrected chi connectivity index (χ0v) is 16.4. The second-order valence-electron chi connectivity index (χ2n) is 7.67. The van der Waals surface area contributed by atoms with Gasteiger partial charge >= 0.3 is 0 Å². The number of nitrogens with zero attached hydrogens (tertiary/aromatic N) is 2. The molecular weight excluding hydrogens is 369 g/mol. The summed E-state index contributed by atoms with van der Waals surface area (Å²) in [5.74, 6) is 0.740. The number of rotatable bonds is 3. The molecule has 2 aromatic carbocycles. The fraction of sp³-hybridized carbons (Fsp3) is 0.261. The number of H-pyrrole nitrogens is 1. The molecule has 1 aliphatic heterocycles. The van der Waals surface area contributed by atoms with Crippen LogP contribution in [0.4, 0.5) is 10.2 Å². The minimum Gasteiger partial charge on any atom is -0.494 e. The molecule has 148 valence electrons. The summed E-state index contributed by atoms with van der Waals surface area (Å²) < 4.78 is 19.3. The van der Waals surface area contributed by atoms with E-state index < -0.39 is 6.10 Å². The van der Waals surface area contributed by atoms with Crippen LogP contribution in [0.2, 0.25) is 0 Å². The van der Waals surface area contributed by atoms with Gasteiger partial charge in [0.25, 0.3) is 0 Å². The van der Waals surface area contributed by atoms with Gasteiger partial charge in [0.15, 0.2) is 11.6 Å². The number of ether oxygens (including phenoxy) is 1. The fourth-order valence-corrected chi connectivity index (χ4v) is 4.39. The number of β-amino-alcohol motifs (C(OH)–C–C–N with tert-alkyl or cyclic N) is 1. The molecule has 5 nitrogen and oxygen atoms in total. The summed E-state index contributed by atoms with van der Waals surface area (Å²) in [5.41, 5.74) is 4.73. The number of hydrogen-bond donors (Lipinski definition) is 2. The molecule has 1 atom stereocenters. The molecule has 2 aromatic heterocycles. The normalized spacial score (nSPS) is 16.4. The predicted molar refractivity (Wildman–Crippen MR) is 112 cm³/mol. The van der Waals surface area contributed by atoms with E-state index in [9.17, 15) is 9.50 Å². The van der Waals surface area contributed by atoms with Gasteiger partial charge in [0.05, 0.1) is 24.4 Å². The molecule has 5 rings (SSSR count). The van der Waals surface area contributed by atoms with E-state index in [0.717, 1.165) is 44.4 Å². The van der Waals surface area contributed by atoms with Crippen molar-refractivity contribution in [1.29, 1.82) is 0 Å². The highest BCUT2D eigenvalue weighted by molar-refractivity contribution is 6.11. The van der Waals surface area contributed by atoms with Crippen LogP contribution in [0.5, 0.6) is 5.75 Å². The van der Waals surface area contributed by atoms with Gasteiger partial charge in [0.2, 0.25) is 0 Å². The monoisotopic (exact) mass is 391 g/mol. The van der Waals surface area contributed by atoms with E-state index >= 15 is 0 Å². The van der Waals surface area contributed by atoms with Gasteiger partial charge in [-0.05, 0) is 23.8 Å². The summed E-state index contributed by atoms with van der Waals surface area (Å²) in [4.78, 5) is 10.5. The van der Waals surface area contributed by atoms with Crippen LogP contribution in [0.25, 0.3) is 21.8 Å². The number of aliphatic hydroxyl groups excluding tert-OH is 1. The number of benzene rings is 2. The molecule has 0 radical (unpaired) electrons. The third-order valence-corrected chi connectivity index (χ3v) is 5.68. The topological polar surface area (TPSA) is 61.4 Å². The first-order valence-electron chi connectivity index (χ1n) is 9.69. The number of hydrogen-bond acceptors (Lipinski definition) is 4. The number of methoxy groups -OCH3 is 1. The van der Waals surface area contributed by atoms with Crippen molar-refractivity contribution in [3.8, 4) is 5.75 Å². The zero-order chi connectivity index (χ0) is 20.1. The van der Waals surface area contributed by atoms with Crippen LogP contribution < -0.4 is 9.64 Å². The number of pyridine rings is 1. The molecule has 0 spiro atoms. The third kappa shape index (κ3) is 2.91. The maximum atomic E-state index is 14.2. The summed E-state index contributed by atoms with van der Waals surface area (Å²) in [7, 11) is 3.41. The number of aromatic amines is 1. The molecule has 1 aliphatic rings. The predicted octanol–water partition coefficient (Wildman–Crippen LogP) is 3.81. The van der Waals surface area contributed by atoms with Crippen molar-refractivity contribution in [2.45, 2.75) is 18.9 Å². The number of aliphatic hydroxyl groups is 1. The van der Waals surface area contributed by atoms with Gasteiger partial charge in [0.1, 0.15) is 5.82 Å². The van der Waals surface area contributed by atoms with Crippen molar-refractivity contribution < 1.29 is 14.2 Å². The van der Waals surface area contributed by atoms with Crippen LogP contribution in [-0.2, 0) is 12.8 Å². The summed E-state index contributed by atoms with van der Waals surface area (Å²) in [5, 5.41) is 12.6. The molecule has 3 heterocycles. The quantitative estimate of drug-likeness (QED) is 0.558. The van der Waals surface area contributed by atoms with E-state index in [1.807, 2.05) is 36.2 Å². The standard InChI is InChI=1S/C23H22FN3O2/c1-27-12-14(28)11-16-21-15-5-3-4-6-18(15)25-22(21)19(26-23(16)27)10-13-7-8-20(29-2)17(24)9-13/h3-9,14,25,28H,10-12H2,1-2H3. The Morgan fingerprint density at radius 3 is 2.90 bits per heavy atom. The highest BCUT2D eigenvalue weighted by Crippen LogP contribution is 2.38. The van der Waals surface area contributed by atoms with E-state index in [1.54, 1.807) is 6.07 Å². The lowest BCUT2D eigenvalue weighted by Crippen LogP contribution is -2.36. The molecule has 6 heteroatoms. The van der Waals surface area contributed by atoms with Gasteiger partial charge in [-0.3, -0.25) is 0 Å². The van der Waals surface area contributed by atoms with Crippen molar-refractivity contribution >= 4 is 27.6 Å². The molecule has 0 bridgehead atoms. The molecule has 1 unspecified atom stereocenters. The molecule has 0 saturated carbocycles. The lowest BCUT2D eigenvalue weighted by molar-refractivity contribution is 0.177. The fourth-order valence-electron chi connectivity index (χ4n) is 4.39. The number of para-hydroxylation sites is 1. The van der Waals surface area contributed by atoms with Gasteiger partial charge in [0, 0.05) is 48.3 Å². The average Bonchev–Trinajstić information content (AvgIpc) is 3.09. The molecule has 2 N–H and O–H groups in total. The molecule has 0 amide bonds. The number of likely N-dealkylation sites (N-methyl/N-ethyl adjacent to an activating group) is 1. The first-order chi connectivity index (χ1) is 14.0. The van der Waals surface area contributed by atoms with E-state index in [4.69, 9.17) is 9.72 Å². The number of nitrogens with one attached hydrogen (secondary N) is 1. The average molecular weight is 391 g/mol. The summed E-state index contributed by atoms with van der Waals surface area (Å²) in [6, 6.07) is 13.2. The Hall–Kier alpha value is -3.12. The summed E-state index contributed by atoms with van der Waals surface area (Å²) in [6.07, 6.45) is 0.642. The highest BCUT2D eigenvalue weighted by Gasteiger charge is 2.27. The Labute approximate surface area is 167 Å². The van der Waals surface area contributed by atoms with Crippen molar-refractivity contribution in [3.63, 3.8) is 0 Å². The van der Waals surface area contributed by atoms with Crippen molar-refractivity contribution in [3.05, 3.63) is 65.1 Å². The van der Waals surface area contributed by atoms with Crippen LogP contribution in [0, 0.1) is 5.82 Å². The van der Waals surface area contributed by atoms with Crippen molar-refractivity contribution in [1.82, 2.24) is 9.97 Å². The lowest BCUT2D eigenvalue weighted by Gasteiger charge is -2.31. The van der Waals surface area contributed by atoms with E-state index in [2.05, 4.69) is 11.1 Å². The first-order valence-corrected chi connectivity index (χ1v) is 9.69. The summed E-state index contributed by atoms with van der Waals surface area (Å²) in [6.45, 7) is 0.546. The largest absolute Gasteiger partial charge is 0.494 e. The third-order valence-electron chi connectivity index (χ3n) is 5.68. The second-order valence-corrected chi connectivity index (χ2v) is 7.67. The minimum absolute atomic E-state index is 0.233. The number of anilines is 1. The van der Waals surface area contributed by atoms with Crippen LogP contribution in [0.15, 0.2) is 42.5 Å². The van der Waals surface area contributed by atoms with Gasteiger partial charge in [-0.25, -0.2) is 9.37 Å². The van der Waals surface area contributed by atoms with Gasteiger partial charge in [-0.1, -0.05) is 24.3 Å². The van der Waals surface area contributed by atoms with Gasteiger partial charge in [-0.2, -0.15) is 0 Å². The molecule has 4 aromatic rings. The van der Waals surface area contributed by atoms with Gasteiger partial charge in [-0.15, -0.1) is 0 Å². The first kappa shape index (κ1) is 17.9. The molecule has 0 aliphatic carbocycles. The Balaban J connectivity index is 1.73. The van der Waals surface area contributed by atoms with E-state index in [1.165, 1.54) is 13.2 Å². The molecule has 29 heavy (non-hydrogen) atoms. The number of aromatic nitrogens is 2. The minimum atomic E-state index is -0.423. The smallest absolute Gasteiger partial charge is 0.165 e. The maximum absolute atomic E-state index is 14.2. The van der Waals surface area contributed by atoms with Gasteiger partial charge < -0.3 is 19.7 Å². The lowest BCUT2D eigenvalue weighted by atomic mass is 9.96. The van der Waals surface area contributed by atoms with Crippen LogP contribution in [-0.4, -0.2) is 41.9 Å². The molecule has 0 fully saturated rings. The van der Waals surface area contributed by atoms with E-state index in [-0.39, 0.29) is 11.6 Å². The van der Waals surface area contributed by atoms with Crippen molar-refractivity contribution in [2.24, 2.45) is 0 Å². The van der Waals surface area contributed by atoms with Crippen molar-refractivity contribution in [2.75, 3.05) is 25.6 Å². The zero-order valence-electron chi connectivity index (χ0n) is 16.4. The van der Waals surface area contributed by atoms with Crippen LogP contribution >= 0.6 is 0 Å². The second kappa shape index (κ2) is 6.74. The van der Waals surface area contributed by atoms with E-state index in [0.29, 0.717) is 19.4 Å². The maximum Gasteiger partial charge on any atom is 0.165 e. The van der Waals surface area contributed by atoms with Crippen LogP contribution in [0.1, 0.15) is 16.8 Å². The Bertz CT molecular complexity index is 1230. The Morgan fingerprint density at radius 1 is 1.28 bits per heavy atom. The highest BCUT2D eigenvalue weighted by atomic mass is 19.1. The molecular formula is C23H22FN3O2. The van der Waals surface area contributed by atoms with Crippen LogP contribution in [0.3, 0.4) is 0 Å². The SMILES string of the molecule is COc1ccc(Cc2nc3c(c4c2[nH]c2ccccc24)CC(O)CN3C)cc1F. The number of halogens is 1. The Morgan fingerprint density at radius 2 is 2.10 bits per heavy atom.